The van der Waals surface area contributed by atoms with Crippen molar-refractivity contribution in [3.05, 3.63) is 54.6 Å². The van der Waals surface area contributed by atoms with E-state index in [1.165, 1.54) is 0 Å². The molecule has 0 fully saturated rings. The highest BCUT2D eigenvalue weighted by atomic mass is 15.1. The summed E-state index contributed by atoms with van der Waals surface area (Å²) >= 11 is 0. The predicted molar refractivity (Wildman–Crippen MR) is 81.9 cm³/mol. The van der Waals surface area contributed by atoms with Crippen molar-refractivity contribution in [3.8, 4) is 0 Å². The zero-order valence-corrected chi connectivity index (χ0v) is 11.6. The molecule has 0 aliphatic rings. The number of para-hydroxylation sites is 2. The van der Waals surface area contributed by atoms with Crippen LogP contribution in [0.2, 0.25) is 0 Å². The minimum absolute atomic E-state index is 0.738. The first-order valence-corrected chi connectivity index (χ1v) is 6.95. The topological polar surface area (TPSA) is 42.7 Å². The summed E-state index contributed by atoms with van der Waals surface area (Å²) in [6.45, 7) is 3.88. The van der Waals surface area contributed by atoms with Crippen molar-refractivity contribution in [1.29, 1.82) is 0 Å². The third-order valence-corrected chi connectivity index (χ3v) is 3.26. The Morgan fingerprint density at radius 2 is 2.05 bits per heavy atom. The molecule has 0 atom stereocenters. The number of nitrogens with zero attached hydrogens (tertiary/aromatic N) is 3. The van der Waals surface area contributed by atoms with E-state index in [2.05, 4.69) is 38.9 Å². The molecule has 4 heteroatoms. The van der Waals surface area contributed by atoms with Crippen LogP contribution in [0.4, 0.5) is 5.69 Å². The number of benzene rings is 1. The molecule has 3 aromatic rings. The van der Waals surface area contributed by atoms with Gasteiger partial charge in [-0.1, -0.05) is 19.1 Å². The first kappa shape index (κ1) is 12.7. The van der Waals surface area contributed by atoms with Crippen molar-refractivity contribution in [3.63, 3.8) is 0 Å². The first-order chi connectivity index (χ1) is 9.86. The van der Waals surface area contributed by atoms with Crippen LogP contribution in [-0.4, -0.2) is 21.1 Å². The molecular formula is C16H18N4. The Hall–Kier alpha value is -2.36. The second-order valence-electron chi connectivity index (χ2n) is 4.82. The van der Waals surface area contributed by atoms with Gasteiger partial charge in [0, 0.05) is 18.4 Å². The maximum absolute atomic E-state index is 4.44. The standard InChI is InChI=1S/C16H18N4/c1-2-8-17-13-7-9-18-14(10-13)11-20-12-19-15-5-3-4-6-16(15)20/h3-7,9-10,12H,2,8,11H2,1H3,(H,17,18). The van der Waals surface area contributed by atoms with Crippen molar-refractivity contribution in [2.75, 3.05) is 11.9 Å². The molecule has 0 amide bonds. The molecule has 102 valence electrons. The van der Waals surface area contributed by atoms with Gasteiger partial charge in [0.25, 0.3) is 0 Å². The molecule has 2 aromatic heterocycles. The van der Waals surface area contributed by atoms with E-state index in [-0.39, 0.29) is 0 Å². The maximum Gasteiger partial charge on any atom is 0.0962 e. The van der Waals surface area contributed by atoms with Gasteiger partial charge in [0.05, 0.1) is 29.6 Å². The molecule has 0 unspecified atom stereocenters. The van der Waals surface area contributed by atoms with Crippen LogP contribution < -0.4 is 5.32 Å². The summed E-state index contributed by atoms with van der Waals surface area (Å²) in [6, 6.07) is 12.3. The third kappa shape index (κ3) is 2.64. The van der Waals surface area contributed by atoms with Crippen LogP contribution in [0.3, 0.4) is 0 Å². The van der Waals surface area contributed by atoms with Gasteiger partial charge in [0.1, 0.15) is 0 Å². The highest BCUT2D eigenvalue weighted by Crippen LogP contribution is 2.15. The van der Waals surface area contributed by atoms with Gasteiger partial charge in [-0.2, -0.15) is 0 Å². The lowest BCUT2D eigenvalue weighted by Gasteiger charge is -2.08. The van der Waals surface area contributed by atoms with Gasteiger partial charge in [-0.25, -0.2) is 4.98 Å². The van der Waals surface area contributed by atoms with Crippen molar-refractivity contribution in [2.45, 2.75) is 19.9 Å². The van der Waals surface area contributed by atoms with E-state index in [0.717, 1.165) is 41.9 Å². The fourth-order valence-electron chi connectivity index (χ4n) is 2.25. The number of fused-ring (bicyclic) bond motifs is 1. The fourth-order valence-corrected chi connectivity index (χ4v) is 2.25. The van der Waals surface area contributed by atoms with Crippen LogP contribution in [0, 0.1) is 0 Å². The van der Waals surface area contributed by atoms with E-state index in [1.807, 2.05) is 36.8 Å². The molecule has 0 saturated heterocycles. The molecule has 3 rings (SSSR count). The Morgan fingerprint density at radius 3 is 2.95 bits per heavy atom. The number of hydrogen-bond acceptors (Lipinski definition) is 3. The van der Waals surface area contributed by atoms with Crippen molar-refractivity contribution < 1.29 is 0 Å². The van der Waals surface area contributed by atoms with Crippen LogP contribution in [0.5, 0.6) is 0 Å². The number of nitrogens with one attached hydrogen (secondary N) is 1. The van der Waals surface area contributed by atoms with E-state index in [9.17, 15) is 0 Å². The fraction of sp³-hybridized carbons (Fsp3) is 0.250. The SMILES string of the molecule is CCCNc1ccnc(Cn2cnc3ccccc32)c1. The Bertz CT molecular complexity index is 702. The van der Waals surface area contributed by atoms with Gasteiger partial charge >= 0.3 is 0 Å². The summed E-state index contributed by atoms with van der Waals surface area (Å²) in [5.74, 6) is 0. The van der Waals surface area contributed by atoms with Gasteiger partial charge in [0.2, 0.25) is 0 Å². The summed E-state index contributed by atoms with van der Waals surface area (Å²) in [5, 5.41) is 3.39. The smallest absolute Gasteiger partial charge is 0.0962 e. The van der Waals surface area contributed by atoms with Gasteiger partial charge in [-0.15, -0.1) is 0 Å². The lowest BCUT2D eigenvalue weighted by molar-refractivity contribution is 0.797. The molecule has 1 aromatic carbocycles. The monoisotopic (exact) mass is 266 g/mol. The highest BCUT2D eigenvalue weighted by molar-refractivity contribution is 5.75. The lowest BCUT2D eigenvalue weighted by Crippen LogP contribution is -2.03. The minimum Gasteiger partial charge on any atom is -0.385 e. The van der Waals surface area contributed by atoms with E-state index in [4.69, 9.17) is 0 Å². The first-order valence-electron chi connectivity index (χ1n) is 6.95. The number of aromatic nitrogens is 3. The molecule has 0 aliphatic heterocycles. The zero-order chi connectivity index (χ0) is 13.8. The highest BCUT2D eigenvalue weighted by Gasteiger charge is 2.03. The third-order valence-electron chi connectivity index (χ3n) is 3.26. The predicted octanol–water partition coefficient (Wildman–Crippen LogP) is 3.30. The van der Waals surface area contributed by atoms with Crippen LogP contribution in [0.15, 0.2) is 48.9 Å². The van der Waals surface area contributed by atoms with Crippen LogP contribution in [-0.2, 0) is 6.54 Å². The van der Waals surface area contributed by atoms with Gasteiger partial charge in [-0.3, -0.25) is 4.98 Å². The van der Waals surface area contributed by atoms with E-state index in [0.29, 0.717) is 0 Å². The summed E-state index contributed by atoms with van der Waals surface area (Å²) in [5.41, 5.74) is 4.32. The van der Waals surface area contributed by atoms with Crippen molar-refractivity contribution >= 4 is 16.7 Å². The summed E-state index contributed by atoms with van der Waals surface area (Å²) < 4.78 is 2.13. The van der Waals surface area contributed by atoms with Gasteiger partial charge in [-0.05, 0) is 30.7 Å². The number of anilines is 1. The van der Waals surface area contributed by atoms with Crippen molar-refractivity contribution in [2.24, 2.45) is 0 Å². The molecule has 20 heavy (non-hydrogen) atoms. The Balaban J connectivity index is 1.83. The average Bonchev–Trinajstić information content (AvgIpc) is 2.89. The molecule has 0 radical (unpaired) electrons. The zero-order valence-electron chi connectivity index (χ0n) is 11.6. The van der Waals surface area contributed by atoms with Gasteiger partial charge < -0.3 is 9.88 Å². The van der Waals surface area contributed by atoms with Crippen LogP contribution >= 0.6 is 0 Å². The van der Waals surface area contributed by atoms with Crippen LogP contribution in [0.25, 0.3) is 11.0 Å². The minimum atomic E-state index is 0.738. The molecular weight excluding hydrogens is 248 g/mol. The summed E-state index contributed by atoms with van der Waals surface area (Å²) in [7, 11) is 0. The van der Waals surface area contributed by atoms with Crippen LogP contribution in [0.1, 0.15) is 19.0 Å². The second-order valence-corrected chi connectivity index (χ2v) is 4.82. The molecule has 0 bridgehead atoms. The summed E-state index contributed by atoms with van der Waals surface area (Å²) in [4.78, 5) is 8.85. The summed E-state index contributed by atoms with van der Waals surface area (Å²) in [6.07, 6.45) is 4.84. The molecule has 1 N–H and O–H groups in total. The van der Waals surface area contributed by atoms with E-state index in [1.54, 1.807) is 0 Å². The number of hydrogen-bond donors (Lipinski definition) is 1. The second kappa shape index (κ2) is 5.74. The Morgan fingerprint density at radius 1 is 1.15 bits per heavy atom. The van der Waals surface area contributed by atoms with E-state index < -0.39 is 0 Å². The largest absolute Gasteiger partial charge is 0.385 e. The number of rotatable bonds is 5. The molecule has 0 aliphatic carbocycles. The quantitative estimate of drug-likeness (QED) is 0.770. The van der Waals surface area contributed by atoms with Gasteiger partial charge in [0.15, 0.2) is 0 Å². The molecule has 2 heterocycles. The average molecular weight is 266 g/mol. The Kier molecular flexibility index (Phi) is 3.63. The number of imidazole rings is 1. The normalized spacial score (nSPS) is 10.8. The Labute approximate surface area is 118 Å². The molecule has 4 nitrogen and oxygen atoms in total. The van der Waals surface area contributed by atoms with Crippen molar-refractivity contribution in [1.82, 2.24) is 14.5 Å². The number of pyridine rings is 1. The maximum atomic E-state index is 4.44. The molecule has 0 saturated carbocycles. The molecule has 0 spiro atoms. The lowest BCUT2D eigenvalue weighted by atomic mass is 10.3. The van der Waals surface area contributed by atoms with E-state index >= 15 is 0 Å².